The Bertz CT molecular complexity index is 407. The van der Waals surface area contributed by atoms with Gasteiger partial charge >= 0.3 is 15.2 Å². The number of methoxy groups -OCH3 is 1. The summed E-state index contributed by atoms with van der Waals surface area (Å²) < 4.78 is 29.7. The van der Waals surface area contributed by atoms with Crippen LogP contribution in [0.15, 0.2) is 4.40 Å². The van der Waals surface area contributed by atoms with Crippen LogP contribution in [-0.2, 0) is 18.8 Å². The average molecular weight is 283 g/mol. The van der Waals surface area contributed by atoms with Gasteiger partial charge in [-0.2, -0.15) is 8.42 Å². The van der Waals surface area contributed by atoms with Crippen molar-refractivity contribution in [2.45, 2.75) is 25.7 Å². The van der Waals surface area contributed by atoms with E-state index < -0.39 is 9.24 Å². The van der Waals surface area contributed by atoms with E-state index in [2.05, 4.69) is 9.13 Å². The molecule has 0 aliphatic carbocycles. The van der Waals surface area contributed by atoms with Crippen molar-refractivity contribution in [1.82, 2.24) is 4.90 Å². The number of amidine groups is 1. The number of hydrogen-bond donors (Lipinski definition) is 0. The number of carbonyl (C=O) groups is 1. The number of rotatable bonds is 5. The van der Waals surface area contributed by atoms with Gasteiger partial charge in [0, 0.05) is 36.6 Å². The molecule has 0 amide bonds. The van der Waals surface area contributed by atoms with E-state index in [1.807, 2.05) is 4.90 Å². The first kappa shape index (κ1) is 14.2. The van der Waals surface area contributed by atoms with Crippen LogP contribution in [0.3, 0.4) is 0 Å². The zero-order chi connectivity index (χ0) is 12.9. The third kappa shape index (κ3) is 5.36. The van der Waals surface area contributed by atoms with Crippen molar-refractivity contribution in [2.24, 2.45) is 4.40 Å². The first-order valence-electron chi connectivity index (χ1n) is 5.27. The predicted molar refractivity (Wildman–Crippen MR) is 64.3 cm³/mol. The maximum absolute atomic E-state index is 10.9. The summed E-state index contributed by atoms with van der Waals surface area (Å²) in [4.78, 5) is 12.7. The van der Waals surface area contributed by atoms with Gasteiger partial charge in [0.25, 0.3) is 0 Å². The highest BCUT2D eigenvalue weighted by Crippen LogP contribution is 2.15. The Morgan fingerprint density at radius 2 is 2.29 bits per heavy atom. The summed E-state index contributed by atoms with van der Waals surface area (Å²) in [6.45, 7) is 1.33. The molecule has 1 heterocycles. The molecule has 0 saturated carbocycles. The van der Waals surface area contributed by atoms with Crippen LogP contribution >= 0.6 is 10.7 Å². The Morgan fingerprint density at radius 3 is 2.88 bits per heavy atom. The molecule has 0 spiro atoms. The van der Waals surface area contributed by atoms with Gasteiger partial charge in [0.15, 0.2) is 0 Å². The van der Waals surface area contributed by atoms with Gasteiger partial charge in [0.2, 0.25) is 0 Å². The molecule has 1 fully saturated rings. The van der Waals surface area contributed by atoms with E-state index >= 15 is 0 Å². The number of carbonyl (C=O) groups excluding carboxylic acids is 1. The van der Waals surface area contributed by atoms with Gasteiger partial charge in [-0.3, -0.25) is 4.79 Å². The summed E-state index contributed by atoms with van der Waals surface area (Å²) in [7, 11) is 2.55. The molecule has 1 rings (SSSR count). The van der Waals surface area contributed by atoms with Gasteiger partial charge in [0.05, 0.1) is 7.11 Å². The minimum absolute atomic E-state index is 0.271. The zero-order valence-electron chi connectivity index (χ0n) is 9.56. The fourth-order valence-corrected chi connectivity index (χ4v) is 2.40. The quantitative estimate of drug-likeness (QED) is 0.553. The summed E-state index contributed by atoms with van der Waals surface area (Å²) in [5.74, 6) is 0.206. The molecule has 0 radical (unpaired) electrons. The lowest BCUT2D eigenvalue weighted by atomic mass is 10.3. The van der Waals surface area contributed by atoms with Crippen molar-refractivity contribution in [3.8, 4) is 0 Å². The van der Waals surface area contributed by atoms with Crippen molar-refractivity contribution in [3.05, 3.63) is 0 Å². The number of likely N-dealkylation sites (tertiary alicyclic amines) is 1. The monoisotopic (exact) mass is 282 g/mol. The minimum Gasteiger partial charge on any atom is -0.469 e. The normalized spacial score (nSPS) is 18.7. The third-order valence-corrected chi connectivity index (χ3v) is 3.08. The lowest BCUT2D eigenvalue weighted by Gasteiger charge is -2.17. The highest BCUT2D eigenvalue weighted by molar-refractivity contribution is 8.12. The number of ether oxygens (including phenoxy) is 1. The van der Waals surface area contributed by atoms with E-state index in [1.165, 1.54) is 7.11 Å². The number of esters is 1. The van der Waals surface area contributed by atoms with Crippen molar-refractivity contribution in [3.63, 3.8) is 0 Å². The second-order valence-corrected chi connectivity index (χ2v) is 5.87. The molecule has 98 valence electrons. The maximum Gasteiger partial charge on any atom is 0.341 e. The molecule has 1 aliphatic heterocycles. The molecule has 0 aromatic heterocycles. The highest BCUT2D eigenvalue weighted by Gasteiger charge is 2.20. The van der Waals surface area contributed by atoms with Gasteiger partial charge in [-0.15, -0.1) is 4.40 Å². The molecule has 0 N–H and O–H groups in total. The SMILES string of the molecule is COC(=O)CCCN1CCC/C1=N\S(=O)(=O)Cl. The van der Waals surface area contributed by atoms with Crippen LogP contribution < -0.4 is 0 Å². The first-order valence-corrected chi connectivity index (χ1v) is 7.54. The van der Waals surface area contributed by atoms with Crippen molar-refractivity contribution in [1.29, 1.82) is 0 Å². The Labute approximate surface area is 105 Å². The second-order valence-electron chi connectivity index (χ2n) is 3.69. The number of hydrogen-bond acceptors (Lipinski definition) is 4. The molecule has 0 unspecified atom stereocenters. The van der Waals surface area contributed by atoms with Crippen LogP contribution in [0.5, 0.6) is 0 Å². The fourth-order valence-electron chi connectivity index (χ4n) is 1.70. The Morgan fingerprint density at radius 1 is 1.59 bits per heavy atom. The molecule has 8 heteroatoms. The van der Waals surface area contributed by atoms with E-state index in [0.717, 1.165) is 13.0 Å². The van der Waals surface area contributed by atoms with E-state index in [9.17, 15) is 13.2 Å². The summed E-state index contributed by atoms with van der Waals surface area (Å²) >= 11 is 0. The number of nitrogens with zero attached hydrogens (tertiary/aromatic N) is 2. The maximum atomic E-state index is 10.9. The molecular weight excluding hydrogens is 268 g/mol. The summed E-state index contributed by atoms with van der Waals surface area (Å²) in [6, 6.07) is 0. The molecule has 0 aromatic carbocycles. The number of halogens is 1. The van der Waals surface area contributed by atoms with Gasteiger partial charge in [-0.1, -0.05) is 0 Å². The highest BCUT2D eigenvalue weighted by atomic mass is 35.7. The predicted octanol–water partition coefficient (Wildman–Crippen LogP) is 0.917. The van der Waals surface area contributed by atoms with E-state index in [1.54, 1.807) is 0 Å². The second kappa shape index (κ2) is 6.20. The van der Waals surface area contributed by atoms with E-state index in [0.29, 0.717) is 31.6 Å². The molecule has 6 nitrogen and oxygen atoms in total. The van der Waals surface area contributed by atoms with Gasteiger partial charge in [-0.25, -0.2) is 0 Å². The Hall–Kier alpha value is -0.820. The van der Waals surface area contributed by atoms with Gasteiger partial charge in [-0.05, 0) is 12.8 Å². The fraction of sp³-hybridized carbons (Fsp3) is 0.778. The molecular formula is C9H15ClN2O4S. The first-order chi connectivity index (χ1) is 7.92. The summed E-state index contributed by atoms with van der Waals surface area (Å²) in [6.07, 6.45) is 2.37. The molecule has 0 atom stereocenters. The van der Waals surface area contributed by atoms with E-state index in [-0.39, 0.29) is 5.97 Å². The molecule has 1 aliphatic rings. The largest absolute Gasteiger partial charge is 0.469 e. The zero-order valence-corrected chi connectivity index (χ0v) is 11.1. The van der Waals surface area contributed by atoms with Crippen molar-refractivity contribution in [2.75, 3.05) is 20.2 Å². The van der Waals surface area contributed by atoms with Crippen LogP contribution in [0.4, 0.5) is 0 Å². The average Bonchev–Trinajstić information content (AvgIpc) is 2.63. The van der Waals surface area contributed by atoms with Crippen LogP contribution in [0.1, 0.15) is 25.7 Å². The molecule has 17 heavy (non-hydrogen) atoms. The Balaban J connectivity index is 2.48. The molecule has 0 bridgehead atoms. The van der Waals surface area contributed by atoms with Crippen LogP contribution in [0.2, 0.25) is 0 Å². The standard InChI is InChI=1S/C9H15ClN2O4S/c1-16-9(13)5-3-7-12-6-2-4-8(12)11-17(10,14)15/h2-7H2,1H3/b11-8+. The lowest BCUT2D eigenvalue weighted by Crippen LogP contribution is -2.27. The smallest absolute Gasteiger partial charge is 0.341 e. The van der Waals surface area contributed by atoms with Crippen LogP contribution in [0, 0.1) is 0 Å². The van der Waals surface area contributed by atoms with Crippen LogP contribution in [0.25, 0.3) is 0 Å². The molecule has 1 saturated heterocycles. The topological polar surface area (TPSA) is 76.0 Å². The Kier molecular flexibility index (Phi) is 5.20. The van der Waals surface area contributed by atoms with E-state index in [4.69, 9.17) is 10.7 Å². The third-order valence-electron chi connectivity index (χ3n) is 2.44. The van der Waals surface area contributed by atoms with Crippen molar-refractivity contribution >= 4 is 31.7 Å². The van der Waals surface area contributed by atoms with Crippen LogP contribution in [-0.4, -0.2) is 45.3 Å². The van der Waals surface area contributed by atoms with Gasteiger partial charge < -0.3 is 9.64 Å². The summed E-state index contributed by atoms with van der Waals surface area (Å²) in [5, 5.41) is 0. The summed E-state index contributed by atoms with van der Waals surface area (Å²) in [5.41, 5.74) is 0. The van der Waals surface area contributed by atoms with Crippen molar-refractivity contribution < 1.29 is 17.9 Å². The molecule has 0 aromatic rings. The lowest BCUT2D eigenvalue weighted by molar-refractivity contribution is -0.140. The van der Waals surface area contributed by atoms with Gasteiger partial charge in [0.1, 0.15) is 5.84 Å². The minimum atomic E-state index is -3.86.